The lowest BCUT2D eigenvalue weighted by atomic mass is 10.3. The summed E-state index contributed by atoms with van der Waals surface area (Å²) in [5, 5.41) is 21.8. The molecule has 1 N–H and O–H groups in total. The highest BCUT2D eigenvalue weighted by atomic mass is 16.6. The summed E-state index contributed by atoms with van der Waals surface area (Å²) in [6, 6.07) is 10.5. The van der Waals surface area contributed by atoms with Gasteiger partial charge in [0.05, 0.1) is 4.92 Å². The summed E-state index contributed by atoms with van der Waals surface area (Å²) >= 11 is 0. The molecule has 0 radical (unpaired) electrons. The molecule has 1 rings (SSSR count). The van der Waals surface area contributed by atoms with Crippen LogP contribution in [-0.2, 0) is 0 Å². The number of hydrogen-bond acceptors (Lipinski definition) is 4. The second kappa shape index (κ2) is 4.77. The van der Waals surface area contributed by atoms with E-state index in [1.54, 1.807) is 24.3 Å². The standard InChI is InChI=1S/C10H9N3O2/c1-8(10(7-11)13(14)15)12-9-5-3-2-4-6-9/h2-6,12H,1H3. The molecule has 0 spiro atoms. The van der Waals surface area contributed by atoms with Crippen molar-refractivity contribution >= 4 is 5.69 Å². The SMILES string of the molecule is CC(Nc1ccccc1)=C(C#N)[N+](=O)[O-]. The maximum Gasteiger partial charge on any atom is 0.364 e. The van der Waals surface area contributed by atoms with Crippen LogP contribution in [0.4, 0.5) is 5.69 Å². The Morgan fingerprint density at radius 2 is 2.07 bits per heavy atom. The predicted octanol–water partition coefficient (Wildman–Crippen LogP) is 2.13. The van der Waals surface area contributed by atoms with E-state index in [4.69, 9.17) is 5.26 Å². The van der Waals surface area contributed by atoms with Crippen LogP contribution in [-0.4, -0.2) is 4.92 Å². The van der Waals surface area contributed by atoms with Crippen molar-refractivity contribution in [1.82, 2.24) is 0 Å². The lowest BCUT2D eigenvalue weighted by Crippen LogP contribution is -2.06. The van der Waals surface area contributed by atoms with Crippen LogP contribution in [0.3, 0.4) is 0 Å². The van der Waals surface area contributed by atoms with Gasteiger partial charge in [-0.15, -0.1) is 0 Å². The Balaban J connectivity index is 2.92. The monoisotopic (exact) mass is 203 g/mol. The summed E-state index contributed by atoms with van der Waals surface area (Å²) in [5.41, 5.74) is 0.470. The number of nitrogens with one attached hydrogen (secondary N) is 1. The van der Waals surface area contributed by atoms with Gasteiger partial charge in [0, 0.05) is 5.69 Å². The summed E-state index contributed by atoms with van der Waals surface area (Å²) in [4.78, 5) is 9.74. The fourth-order valence-electron chi connectivity index (χ4n) is 1.06. The molecule has 15 heavy (non-hydrogen) atoms. The summed E-state index contributed by atoms with van der Waals surface area (Å²) in [5.74, 6) is 0. The molecule has 0 aliphatic rings. The van der Waals surface area contributed by atoms with Crippen molar-refractivity contribution in [3.05, 3.63) is 51.8 Å². The van der Waals surface area contributed by atoms with Crippen molar-refractivity contribution in [3.8, 4) is 6.07 Å². The van der Waals surface area contributed by atoms with Gasteiger partial charge in [0.2, 0.25) is 0 Å². The molecule has 0 aliphatic carbocycles. The number of benzene rings is 1. The third kappa shape index (κ3) is 2.81. The summed E-state index contributed by atoms with van der Waals surface area (Å²) in [6.07, 6.45) is 0. The molecule has 5 nitrogen and oxygen atoms in total. The predicted molar refractivity (Wildman–Crippen MR) is 55.4 cm³/mol. The van der Waals surface area contributed by atoms with E-state index in [-0.39, 0.29) is 5.70 Å². The molecule has 0 saturated carbocycles. The van der Waals surface area contributed by atoms with Crippen LogP contribution in [0.15, 0.2) is 41.7 Å². The zero-order valence-electron chi connectivity index (χ0n) is 8.10. The number of nitro groups is 1. The Bertz CT molecular complexity index is 432. The number of rotatable bonds is 3. The minimum atomic E-state index is -0.703. The maximum atomic E-state index is 10.4. The minimum absolute atomic E-state index is 0.230. The van der Waals surface area contributed by atoms with Crippen LogP contribution in [0.5, 0.6) is 0 Å². The molecular formula is C10H9N3O2. The number of nitrogens with zero attached hydrogens (tertiary/aromatic N) is 2. The molecule has 0 unspecified atom stereocenters. The van der Waals surface area contributed by atoms with E-state index in [0.29, 0.717) is 5.69 Å². The molecule has 1 aromatic rings. The number of nitriles is 1. The zero-order valence-corrected chi connectivity index (χ0v) is 8.10. The van der Waals surface area contributed by atoms with Crippen molar-refractivity contribution in [2.75, 3.05) is 5.32 Å². The molecule has 76 valence electrons. The lowest BCUT2D eigenvalue weighted by molar-refractivity contribution is -0.418. The normalized spacial score (nSPS) is 11.2. The maximum absolute atomic E-state index is 10.4. The van der Waals surface area contributed by atoms with Gasteiger partial charge >= 0.3 is 5.70 Å². The lowest BCUT2D eigenvalue weighted by Gasteiger charge is -2.04. The molecule has 0 atom stereocenters. The topological polar surface area (TPSA) is 79.0 Å². The summed E-state index contributed by atoms with van der Waals surface area (Å²) < 4.78 is 0. The number of allylic oxidation sites excluding steroid dienone is 2. The van der Waals surface area contributed by atoms with Crippen LogP contribution in [0.1, 0.15) is 6.92 Å². The molecular weight excluding hydrogens is 194 g/mol. The Morgan fingerprint density at radius 3 is 2.53 bits per heavy atom. The van der Waals surface area contributed by atoms with Gasteiger partial charge in [-0.3, -0.25) is 10.1 Å². The van der Waals surface area contributed by atoms with Gasteiger partial charge in [-0.25, -0.2) is 0 Å². The molecule has 0 aromatic heterocycles. The van der Waals surface area contributed by atoms with Crippen molar-refractivity contribution in [3.63, 3.8) is 0 Å². The van der Waals surface area contributed by atoms with E-state index >= 15 is 0 Å². The Morgan fingerprint density at radius 1 is 1.47 bits per heavy atom. The summed E-state index contributed by atoms with van der Waals surface area (Å²) in [7, 11) is 0. The van der Waals surface area contributed by atoms with Crippen molar-refractivity contribution < 1.29 is 4.92 Å². The van der Waals surface area contributed by atoms with Gasteiger partial charge in [-0.1, -0.05) is 18.2 Å². The fraction of sp³-hybridized carbons (Fsp3) is 0.100. The van der Waals surface area contributed by atoms with Crippen molar-refractivity contribution in [1.29, 1.82) is 5.26 Å². The van der Waals surface area contributed by atoms with E-state index in [1.807, 2.05) is 6.07 Å². The second-order valence-corrected chi connectivity index (χ2v) is 2.83. The third-order valence-corrected chi connectivity index (χ3v) is 1.75. The van der Waals surface area contributed by atoms with E-state index in [0.717, 1.165) is 0 Å². The van der Waals surface area contributed by atoms with Crippen molar-refractivity contribution in [2.45, 2.75) is 6.92 Å². The summed E-state index contributed by atoms with van der Waals surface area (Å²) in [6.45, 7) is 1.49. The van der Waals surface area contributed by atoms with Gasteiger partial charge in [0.15, 0.2) is 6.07 Å². The first-order valence-electron chi connectivity index (χ1n) is 4.22. The fourth-order valence-corrected chi connectivity index (χ4v) is 1.06. The first kappa shape index (κ1) is 10.7. The Kier molecular flexibility index (Phi) is 3.41. The first-order valence-corrected chi connectivity index (χ1v) is 4.22. The molecule has 0 aliphatic heterocycles. The van der Waals surface area contributed by atoms with Crippen LogP contribution >= 0.6 is 0 Å². The number of para-hydroxylation sites is 1. The largest absolute Gasteiger partial charge is 0.364 e. The molecule has 0 fully saturated rings. The molecule has 0 heterocycles. The van der Waals surface area contributed by atoms with E-state index in [2.05, 4.69) is 5.32 Å². The number of hydrogen-bond donors (Lipinski definition) is 1. The van der Waals surface area contributed by atoms with Crippen LogP contribution in [0, 0.1) is 21.4 Å². The van der Waals surface area contributed by atoms with Gasteiger partial charge in [-0.05, 0) is 19.1 Å². The van der Waals surface area contributed by atoms with Gasteiger partial charge < -0.3 is 5.32 Å². The minimum Gasteiger partial charge on any atom is -0.353 e. The van der Waals surface area contributed by atoms with Gasteiger partial charge in [-0.2, -0.15) is 5.26 Å². The first-order chi connectivity index (χ1) is 7.15. The van der Waals surface area contributed by atoms with Crippen LogP contribution in [0.2, 0.25) is 0 Å². The smallest absolute Gasteiger partial charge is 0.353 e. The average molecular weight is 203 g/mol. The highest BCUT2D eigenvalue weighted by Crippen LogP contribution is 2.11. The Hall–Kier alpha value is -2.35. The second-order valence-electron chi connectivity index (χ2n) is 2.83. The number of anilines is 1. The highest BCUT2D eigenvalue weighted by Gasteiger charge is 2.13. The van der Waals surface area contributed by atoms with Crippen LogP contribution in [0.25, 0.3) is 0 Å². The Labute approximate surface area is 86.8 Å². The van der Waals surface area contributed by atoms with Crippen LogP contribution < -0.4 is 5.32 Å². The van der Waals surface area contributed by atoms with E-state index < -0.39 is 10.6 Å². The van der Waals surface area contributed by atoms with E-state index in [1.165, 1.54) is 13.0 Å². The third-order valence-electron chi connectivity index (χ3n) is 1.75. The average Bonchev–Trinajstić information content (AvgIpc) is 2.19. The van der Waals surface area contributed by atoms with E-state index in [9.17, 15) is 10.1 Å². The van der Waals surface area contributed by atoms with Crippen molar-refractivity contribution in [2.24, 2.45) is 0 Å². The van der Waals surface area contributed by atoms with Gasteiger partial charge in [0.1, 0.15) is 5.70 Å². The molecule has 0 amide bonds. The quantitative estimate of drug-likeness (QED) is 0.463. The molecule has 1 aromatic carbocycles. The van der Waals surface area contributed by atoms with Gasteiger partial charge in [0.25, 0.3) is 0 Å². The molecule has 0 saturated heterocycles. The highest BCUT2D eigenvalue weighted by molar-refractivity contribution is 5.48. The zero-order chi connectivity index (χ0) is 11.3. The molecule has 0 bridgehead atoms. The molecule has 5 heteroatoms.